The molecule has 6 heteroatoms. The molecule has 2 rings (SSSR count). The highest BCUT2D eigenvalue weighted by atomic mass is 32.2. The number of rotatable bonds is 7. The van der Waals surface area contributed by atoms with E-state index in [1.54, 1.807) is 0 Å². The normalized spacial score (nSPS) is 11.8. The Labute approximate surface area is 138 Å². The number of carbonyl (C=O) groups excluding carboxylic acids is 1. The Kier molecular flexibility index (Phi) is 6.43. The standard InChI is InChI=1S/C17H18FNO3S/c1-12(20)19-14-4-8-17(9-5-14)23-11-15(21)10-22-16-6-2-13(18)3-7-16/h2-9,15,21H,10-11H2,1H3,(H,19,20)/t15-/m0/s1. The zero-order chi connectivity index (χ0) is 16.7. The van der Waals surface area contributed by atoms with Crippen molar-refractivity contribution < 1.29 is 19.0 Å². The van der Waals surface area contributed by atoms with Gasteiger partial charge in [-0.15, -0.1) is 11.8 Å². The summed E-state index contributed by atoms with van der Waals surface area (Å²) in [7, 11) is 0. The molecule has 0 spiro atoms. The van der Waals surface area contributed by atoms with Crippen molar-refractivity contribution in [1.29, 1.82) is 0 Å². The third kappa shape index (κ3) is 6.30. The van der Waals surface area contributed by atoms with E-state index in [0.717, 1.165) is 10.6 Å². The molecule has 122 valence electrons. The molecular formula is C17H18FNO3S. The lowest BCUT2D eigenvalue weighted by atomic mass is 10.3. The summed E-state index contributed by atoms with van der Waals surface area (Å²) in [5, 5.41) is 12.6. The average Bonchev–Trinajstić information content (AvgIpc) is 2.53. The van der Waals surface area contributed by atoms with Crippen molar-refractivity contribution in [1.82, 2.24) is 0 Å². The number of ether oxygens (including phenoxy) is 1. The van der Waals surface area contributed by atoms with E-state index in [0.29, 0.717) is 11.5 Å². The topological polar surface area (TPSA) is 58.6 Å². The summed E-state index contributed by atoms with van der Waals surface area (Å²) < 4.78 is 18.2. The minimum Gasteiger partial charge on any atom is -0.491 e. The summed E-state index contributed by atoms with van der Waals surface area (Å²) in [5.74, 6) is 0.561. The number of carbonyl (C=O) groups is 1. The fourth-order valence-electron chi connectivity index (χ4n) is 1.80. The fourth-order valence-corrected chi connectivity index (χ4v) is 2.61. The second-order valence-electron chi connectivity index (χ2n) is 4.94. The van der Waals surface area contributed by atoms with Gasteiger partial charge in [-0.1, -0.05) is 0 Å². The van der Waals surface area contributed by atoms with Crippen molar-refractivity contribution in [3.8, 4) is 5.75 Å². The summed E-state index contributed by atoms with van der Waals surface area (Å²) in [6, 6.07) is 13.1. The van der Waals surface area contributed by atoms with E-state index in [4.69, 9.17) is 4.74 Å². The van der Waals surface area contributed by atoms with Crippen molar-refractivity contribution in [2.24, 2.45) is 0 Å². The molecule has 0 unspecified atom stereocenters. The van der Waals surface area contributed by atoms with Crippen LogP contribution in [0.3, 0.4) is 0 Å². The Morgan fingerprint density at radius 1 is 1.22 bits per heavy atom. The smallest absolute Gasteiger partial charge is 0.221 e. The first-order chi connectivity index (χ1) is 11.0. The zero-order valence-corrected chi connectivity index (χ0v) is 13.5. The molecule has 0 saturated heterocycles. The molecule has 0 aliphatic carbocycles. The maximum Gasteiger partial charge on any atom is 0.221 e. The van der Waals surface area contributed by atoms with Gasteiger partial charge in [0.15, 0.2) is 0 Å². The van der Waals surface area contributed by atoms with E-state index in [9.17, 15) is 14.3 Å². The minimum absolute atomic E-state index is 0.112. The number of nitrogens with one attached hydrogen (secondary N) is 1. The Balaban J connectivity index is 1.74. The first kappa shape index (κ1) is 17.3. The average molecular weight is 335 g/mol. The quantitative estimate of drug-likeness (QED) is 0.762. The molecule has 0 aliphatic rings. The van der Waals surface area contributed by atoms with Crippen LogP contribution < -0.4 is 10.1 Å². The third-order valence-electron chi connectivity index (χ3n) is 2.87. The highest BCUT2D eigenvalue weighted by molar-refractivity contribution is 7.99. The Bertz CT molecular complexity index is 631. The van der Waals surface area contributed by atoms with Gasteiger partial charge in [0.2, 0.25) is 5.91 Å². The molecule has 2 N–H and O–H groups in total. The van der Waals surface area contributed by atoms with Crippen LogP contribution in [0, 0.1) is 5.82 Å². The van der Waals surface area contributed by atoms with Gasteiger partial charge < -0.3 is 15.2 Å². The molecule has 2 aromatic carbocycles. The van der Waals surface area contributed by atoms with Gasteiger partial charge in [-0.2, -0.15) is 0 Å². The van der Waals surface area contributed by atoms with Crippen molar-refractivity contribution in [2.45, 2.75) is 17.9 Å². The monoisotopic (exact) mass is 335 g/mol. The number of halogens is 1. The molecule has 1 amide bonds. The van der Waals surface area contributed by atoms with E-state index < -0.39 is 6.10 Å². The molecule has 0 aliphatic heterocycles. The van der Waals surface area contributed by atoms with Gasteiger partial charge in [-0.3, -0.25) is 4.79 Å². The molecule has 0 fully saturated rings. The lowest BCUT2D eigenvalue weighted by Crippen LogP contribution is -2.20. The van der Waals surface area contributed by atoms with Crippen LogP contribution in [0.25, 0.3) is 0 Å². The van der Waals surface area contributed by atoms with E-state index >= 15 is 0 Å². The molecule has 0 saturated carbocycles. The van der Waals surface area contributed by atoms with E-state index in [2.05, 4.69) is 5.32 Å². The predicted molar refractivity (Wildman–Crippen MR) is 89.4 cm³/mol. The molecule has 0 heterocycles. The number of aliphatic hydroxyl groups excluding tert-OH is 1. The zero-order valence-electron chi connectivity index (χ0n) is 12.7. The van der Waals surface area contributed by atoms with Gasteiger partial charge >= 0.3 is 0 Å². The lowest BCUT2D eigenvalue weighted by molar-refractivity contribution is -0.114. The van der Waals surface area contributed by atoms with Gasteiger partial charge in [0, 0.05) is 23.3 Å². The Morgan fingerprint density at radius 3 is 2.48 bits per heavy atom. The van der Waals surface area contributed by atoms with Crippen molar-refractivity contribution in [2.75, 3.05) is 17.7 Å². The molecule has 1 atom stereocenters. The number of hydrogen-bond donors (Lipinski definition) is 2. The highest BCUT2D eigenvalue weighted by Crippen LogP contribution is 2.21. The van der Waals surface area contributed by atoms with Crippen molar-refractivity contribution in [3.63, 3.8) is 0 Å². The largest absolute Gasteiger partial charge is 0.491 e. The second kappa shape index (κ2) is 8.55. The first-order valence-electron chi connectivity index (χ1n) is 7.10. The number of aliphatic hydroxyl groups is 1. The van der Waals surface area contributed by atoms with Crippen LogP contribution in [-0.4, -0.2) is 29.5 Å². The van der Waals surface area contributed by atoms with Crippen LogP contribution in [0.4, 0.5) is 10.1 Å². The van der Waals surface area contributed by atoms with Crippen LogP contribution in [0.15, 0.2) is 53.4 Å². The Morgan fingerprint density at radius 2 is 1.87 bits per heavy atom. The van der Waals surface area contributed by atoms with E-state index in [1.807, 2.05) is 24.3 Å². The summed E-state index contributed by atoms with van der Waals surface area (Å²) >= 11 is 1.49. The first-order valence-corrected chi connectivity index (χ1v) is 8.08. The second-order valence-corrected chi connectivity index (χ2v) is 6.03. The van der Waals surface area contributed by atoms with Gasteiger partial charge in [0.25, 0.3) is 0 Å². The maximum absolute atomic E-state index is 12.8. The van der Waals surface area contributed by atoms with Crippen molar-refractivity contribution >= 4 is 23.4 Å². The summed E-state index contributed by atoms with van der Waals surface area (Å²) in [6.45, 7) is 1.60. The van der Waals surface area contributed by atoms with E-state index in [-0.39, 0.29) is 18.3 Å². The summed E-state index contributed by atoms with van der Waals surface area (Å²) in [4.78, 5) is 11.9. The van der Waals surface area contributed by atoms with Gasteiger partial charge in [-0.05, 0) is 48.5 Å². The van der Waals surface area contributed by atoms with E-state index in [1.165, 1.54) is 43.0 Å². The van der Waals surface area contributed by atoms with Gasteiger partial charge in [0.1, 0.15) is 18.2 Å². The van der Waals surface area contributed by atoms with Crippen LogP contribution >= 0.6 is 11.8 Å². The highest BCUT2D eigenvalue weighted by Gasteiger charge is 2.07. The molecule has 0 radical (unpaired) electrons. The molecule has 23 heavy (non-hydrogen) atoms. The molecular weight excluding hydrogens is 317 g/mol. The van der Waals surface area contributed by atoms with Crippen LogP contribution in [0.2, 0.25) is 0 Å². The fraction of sp³-hybridized carbons (Fsp3) is 0.235. The van der Waals surface area contributed by atoms with Crippen LogP contribution in [-0.2, 0) is 4.79 Å². The summed E-state index contributed by atoms with van der Waals surface area (Å²) in [5.41, 5.74) is 0.738. The maximum atomic E-state index is 12.8. The predicted octanol–water partition coefficient (Wildman–Crippen LogP) is 3.32. The molecule has 0 aromatic heterocycles. The van der Waals surface area contributed by atoms with Crippen LogP contribution in [0.5, 0.6) is 5.75 Å². The Hall–Kier alpha value is -2.05. The molecule has 4 nitrogen and oxygen atoms in total. The number of benzene rings is 2. The number of amides is 1. The number of anilines is 1. The molecule has 2 aromatic rings. The van der Waals surface area contributed by atoms with Gasteiger partial charge in [-0.25, -0.2) is 4.39 Å². The lowest BCUT2D eigenvalue weighted by Gasteiger charge is -2.12. The minimum atomic E-state index is -0.639. The SMILES string of the molecule is CC(=O)Nc1ccc(SC[C@@H](O)COc2ccc(F)cc2)cc1. The summed E-state index contributed by atoms with van der Waals surface area (Å²) in [6.07, 6.45) is -0.639. The molecule has 0 bridgehead atoms. The van der Waals surface area contributed by atoms with Gasteiger partial charge in [0.05, 0.1) is 6.10 Å². The number of hydrogen-bond acceptors (Lipinski definition) is 4. The van der Waals surface area contributed by atoms with Crippen molar-refractivity contribution in [3.05, 3.63) is 54.3 Å². The number of thioether (sulfide) groups is 1. The van der Waals surface area contributed by atoms with Crippen LogP contribution in [0.1, 0.15) is 6.92 Å². The third-order valence-corrected chi connectivity index (χ3v) is 4.03.